The second-order valence-electron chi connectivity index (χ2n) is 6.29. The zero-order valence-corrected chi connectivity index (χ0v) is 15.2. The molecule has 0 saturated heterocycles. The van der Waals surface area contributed by atoms with Crippen LogP contribution < -0.4 is 5.32 Å². The van der Waals surface area contributed by atoms with Crippen molar-refractivity contribution in [2.24, 2.45) is 0 Å². The molecule has 0 atom stereocenters. The summed E-state index contributed by atoms with van der Waals surface area (Å²) in [5, 5.41) is 3.67. The predicted octanol–water partition coefficient (Wildman–Crippen LogP) is 3.62. The van der Waals surface area contributed by atoms with E-state index in [1.54, 1.807) is 12.3 Å². The average Bonchev–Trinajstić information content (AvgIpc) is 3.16. The van der Waals surface area contributed by atoms with E-state index in [1.165, 1.54) is 0 Å². The van der Waals surface area contributed by atoms with Gasteiger partial charge in [-0.15, -0.1) is 0 Å². The van der Waals surface area contributed by atoms with Crippen LogP contribution in [0.15, 0.2) is 47.1 Å². The van der Waals surface area contributed by atoms with Crippen LogP contribution in [0.4, 0.5) is 0 Å². The van der Waals surface area contributed by atoms with E-state index < -0.39 is 0 Å². The molecule has 5 nitrogen and oxygen atoms in total. The number of benzene rings is 1. The van der Waals surface area contributed by atoms with Crippen molar-refractivity contribution in [2.75, 3.05) is 27.2 Å². The lowest BCUT2D eigenvalue weighted by molar-refractivity contribution is 0.0944. The van der Waals surface area contributed by atoms with E-state index in [0.717, 1.165) is 24.0 Å². The normalized spacial score (nSPS) is 11.4. The fourth-order valence-electron chi connectivity index (χ4n) is 2.82. The van der Waals surface area contributed by atoms with Gasteiger partial charge in [-0.05, 0) is 38.7 Å². The Hall–Kier alpha value is -2.24. The zero-order chi connectivity index (χ0) is 17.8. The maximum atomic E-state index is 12.6. The summed E-state index contributed by atoms with van der Waals surface area (Å²) in [4.78, 5) is 14.7. The Morgan fingerprint density at radius 1 is 1.28 bits per heavy atom. The average molecular weight is 360 g/mol. The summed E-state index contributed by atoms with van der Waals surface area (Å²) in [6.45, 7) is 2.09. The van der Waals surface area contributed by atoms with Gasteiger partial charge in [-0.1, -0.05) is 29.8 Å². The van der Waals surface area contributed by atoms with E-state index in [9.17, 15) is 4.79 Å². The van der Waals surface area contributed by atoms with Crippen molar-refractivity contribution in [3.8, 4) is 0 Å². The van der Waals surface area contributed by atoms with E-state index >= 15 is 0 Å². The van der Waals surface area contributed by atoms with Crippen molar-refractivity contribution in [3.63, 3.8) is 0 Å². The Balaban J connectivity index is 1.82. The van der Waals surface area contributed by atoms with Gasteiger partial charge in [-0.25, -0.2) is 0 Å². The number of hydrogen-bond acceptors (Lipinski definition) is 3. The maximum absolute atomic E-state index is 12.6. The van der Waals surface area contributed by atoms with Crippen LogP contribution in [0.5, 0.6) is 0 Å². The van der Waals surface area contributed by atoms with Crippen LogP contribution >= 0.6 is 11.6 Å². The Morgan fingerprint density at radius 2 is 2.08 bits per heavy atom. The molecule has 1 N–H and O–H groups in total. The van der Waals surface area contributed by atoms with Crippen molar-refractivity contribution in [2.45, 2.75) is 13.0 Å². The first-order chi connectivity index (χ1) is 12.1. The minimum atomic E-state index is -0.0998. The van der Waals surface area contributed by atoms with Crippen LogP contribution in [-0.4, -0.2) is 42.6 Å². The van der Waals surface area contributed by atoms with E-state index in [-0.39, 0.29) is 5.91 Å². The van der Waals surface area contributed by atoms with Gasteiger partial charge in [0, 0.05) is 30.2 Å². The number of furan rings is 1. The molecule has 0 fully saturated rings. The molecule has 3 aromatic rings. The maximum Gasteiger partial charge on any atom is 0.268 e. The van der Waals surface area contributed by atoms with Crippen LogP contribution in [0.3, 0.4) is 0 Å². The number of carbonyl (C=O) groups is 1. The molecule has 2 heterocycles. The smallest absolute Gasteiger partial charge is 0.268 e. The quantitative estimate of drug-likeness (QED) is 0.655. The first-order valence-electron chi connectivity index (χ1n) is 8.29. The van der Waals surface area contributed by atoms with Crippen molar-refractivity contribution in [3.05, 3.63) is 58.9 Å². The van der Waals surface area contributed by atoms with Crippen LogP contribution in [0.2, 0.25) is 5.02 Å². The molecule has 0 aliphatic heterocycles. The molecule has 2 aromatic heterocycles. The molecule has 0 radical (unpaired) electrons. The van der Waals surface area contributed by atoms with Crippen LogP contribution in [0.25, 0.3) is 11.1 Å². The lowest BCUT2D eigenvalue weighted by Crippen LogP contribution is -2.29. The number of nitrogens with zero attached hydrogens (tertiary/aromatic N) is 2. The first-order valence-corrected chi connectivity index (χ1v) is 8.67. The lowest BCUT2D eigenvalue weighted by atomic mass is 10.2. The van der Waals surface area contributed by atoms with Gasteiger partial charge in [0.15, 0.2) is 5.58 Å². The van der Waals surface area contributed by atoms with E-state index in [0.29, 0.717) is 29.4 Å². The first kappa shape index (κ1) is 17.6. The van der Waals surface area contributed by atoms with Gasteiger partial charge >= 0.3 is 0 Å². The second kappa shape index (κ2) is 7.76. The number of nitrogens with one attached hydrogen (secondary N) is 1. The van der Waals surface area contributed by atoms with Gasteiger partial charge in [0.25, 0.3) is 5.91 Å². The standard InChI is InChI=1S/C19H22ClN3O2/c1-22(2)10-5-9-21-19(24)17-12-18-16(8-11-25-18)23(17)13-14-6-3-4-7-15(14)20/h3-4,6-8,11-12H,5,9-10,13H2,1-2H3,(H,21,24). The molecule has 1 aromatic carbocycles. The lowest BCUT2D eigenvalue weighted by Gasteiger charge is -2.13. The molecule has 0 aliphatic carbocycles. The molecule has 0 saturated carbocycles. The Kier molecular flexibility index (Phi) is 5.46. The van der Waals surface area contributed by atoms with Gasteiger partial charge in [0.2, 0.25) is 0 Å². The van der Waals surface area contributed by atoms with Gasteiger partial charge in [0.05, 0.1) is 11.8 Å². The number of hydrogen-bond donors (Lipinski definition) is 1. The number of carbonyl (C=O) groups excluding carboxylic acids is 1. The molecule has 132 valence electrons. The van der Waals surface area contributed by atoms with E-state index in [2.05, 4.69) is 10.2 Å². The van der Waals surface area contributed by atoms with E-state index in [4.69, 9.17) is 16.0 Å². The van der Waals surface area contributed by atoms with Gasteiger partial charge in [-0.3, -0.25) is 4.79 Å². The highest BCUT2D eigenvalue weighted by atomic mass is 35.5. The number of fused-ring (bicyclic) bond motifs is 1. The summed E-state index contributed by atoms with van der Waals surface area (Å²) < 4.78 is 7.42. The predicted molar refractivity (Wildman–Crippen MR) is 100 cm³/mol. The number of halogens is 1. The molecule has 0 bridgehead atoms. The summed E-state index contributed by atoms with van der Waals surface area (Å²) in [6, 6.07) is 11.3. The van der Waals surface area contributed by atoms with Gasteiger partial charge < -0.3 is 19.2 Å². The summed E-state index contributed by atoms with van der Waals surface area (Å²) in [6.07, 6.45) is 2.53. The molecular weight excluding hydrogens is 338 g/mol. The minimum absolute atomic E-state index is 0.0998. The molecule has 3 rings (SSSR count). The molecule has 25 heavy (non-hydrogen) atoms. The monoisotopic (exact) mass is 359 g/mol. The summed E-state index contributed by atoms with van der Waals surface area (Å²) in [5.41, 5.74) is 3.13. The van der Waals surface area contributed by atoms with Gasteiger partial charge in [0.1, 0.15) is 5.69 Å². The van der Waals surface area contributed by atoms with Crippen molar-refractivity contribution in [1.29, 1.82) is 0 Å². The van der Waals surface area contributed by atoms with Crippen molar-refractivity contribution >= 4 is 28.6 Å². The van der Waals surface area contributed by atoms with Crippen LogP contribution in [-0.2, 0) is 6.54 Å². The van der Waals surface area contributed by atoms with Crippen molar-refractivity contribution < 1.29 is 9.21 Å². The number of aromatic nitrogens is 1. The van der Waals surface area contributed by atoms with Crippen LogP contribution in [0, 0.1) is 0 Å². The Morgan fingerprint density at radius 3 is 2.84 bits per heavy atom. The summed E-state index contributed by atoms with van der Waals surface area (Å²) in [5.74, 6) is -0.0998. The highest BCUT2D eigenvalue weighted by molar-refractivity contribution is 6.31. The molecule has 1 amide bonds. The third kappa shape index (κ3) is 4.06. The fraction of sp³-hybridized carbons (Fsp3) is 0.316. The zero-order valence-electron chi connectivity index (χ0n) is 14.5. The third-order valence-electron chi connectivity index (χ3n) is 4.11. The minimum Gasteiger partial charge on any atom is -0.463 e. The highest BCUT2D eigenvalue weighted by Gasteiger charge is 2.18. The van der Waals surface area contributed by atoms with Crippen molar-refractivity contribution in [1.82, 2.24) is 14.8 Å². The molecule has 0 unspecified atom stereocenters. The second-order valence-corrected chi connectivity index (χ2v) is 6.70. The van der Waals surface area contributed by atoms with Crippen LogP contribution in [0.1, 0.15) is 22.5 Å². The molecule has 0 spiro atoms. The number of amides is 1. The largest absolute Gasteiger partial charge is 0.463 e. The van der Waals surface area contributed by atoms with E-state index in [1.807, 2.05) is 49.0 Å². The summed E-state index contributed by atoms with van der Waals surface area (Å²) in [7, 11) is 4.04. The molecule has 6 heteroatoms. The number of rotatable bonds is 7. The highest BCUT2D eigenvalue weighted by Crippen LogP contribution is 2.24. The van der Waals surface area contributed by atoms with Gasteiger partial charge in [-0.2, -0.15) is 0 Å². The summed E-state index contributed by atoms with van der Waals surface area (Å²) >= 11 is 6.29. The third-order valence-corrected chi connectivity index (χ3v) is 4.48. The fourth-order valence-corrected chi connectivity index (χ4v) is 3.02. The molecular formula is C19H22ClN3O2. The Labute approximate surface area is 152 Å². The Bertz CT molecular complexity index is 867. The molecule has 0 aliphatic rings. The topological polar surface area (TPSA) is 50.4 Å². The SMILES string of the molecule is CN(C)CCCNC(=O)c1cc2occc2n1Cc1ccccc1Cl.